The van der Waals surface area contributed by atoms with Gasteiger partial charge in [0.2, 0.25) is 5.91 Å². The van der Waals surface area contributed by atoms with E-state index < -0.39 is 17.3 Å². The first kappa shape index (κ1) is 13.3. The van der Waals surface area contributed by atoms with Crippen molar-refractivity contribution in [1.29, 1.82) is 0 Å². The number of rotatable bonds is 0. The van der Waals surface area contributed by atoms with Crippen LogP contribution in [0.4, 0.5) is 24.5 Å². The minimum Gasteiger partial charge on any atom is -0.359 e. The Morgan fingerprint density at radius 2 is 1.90 bits per heavy atom. The van der Waals surface area contributed by atoms with E-state index in [2.05, 4.69) is 5.32 Å². The van der Waals surface area contributed by atoms with Crippen LogP contribution in [0.2, 0.25) is 0 Å². The quantitative estimate of drug-likeness (QED) is 0.792. The van der Waals surface area contributed by atoms with Crippen LogP contribution in [0.3, 0.4) is 0 Å². The maximum Gasteiger partial charge on any atom is 0.416 e. The summed E-state index contributed by atoms with van der Waals surface area (Å²) in [5.41, 5.74) is -0.441. The summed E-state index contributed by atoms with van der Waals surface area (Å²) < 4.78 is 38.2. The number of halogens is 3. The van der Waals surface area contributed by atoms with Crippen molar-refractivity contribution < 1.29 is 18.0 Å². The Morgan fingerprint density at radius 3 is 2.50 bits per heavy atom. The van der Waals surface area contributed by atoms with Gasteiger partial charge < -0.3 is 10.2 Å². The Bertz CT molecular complexity index is 562. The molecule has 1 heterocycles. The van der Waals surface area contributed by atoms with Gasteiger partial charge in [-0.1, -0.05) is 12.8 Å². The molecule has 3 nitrogen and oxygen atoms in total. The number of carbonyl (C=O) groups is 1. The predicted octanol–water partition coefficient (Wildman–Crippen LogP) is 3.41. The second-order valence-corrected chi connectivity index (χ2v) is 5.48. The lowest BCUT2D eigenvalue weighted by atomic mass is 9.90. The molecule has 0 atom stereocenters. The van der Waals surface area contributed by atoms with Crippen molar-refractivity contribution in [3.63, 3.8) is 0 Å². The van der Waals surface area contributed by atoms with Gasteiger partial charge in [-0.05, 0) is 31.0 Å². The lowest BCUT2D eigenvalue weighted by Crippen LogP contribution is -2.56. The Labute approximate surface area is 114 Å². The fraction of sp³-hybridized carbons (Fsp3) is 0.500. The third-order valence-corrected chi connectivity index (χ3v) is 4.43. The van der Waals surface area contributed by atoms with E-state index >= 15 is 0 Å². The summed E-state index contributed by atoms with van der Waals surface area (Å²) in [6.07, 6.45) is -0.978. The van der Waals surface area contributed by atoms with Crippen LogP contribution in [0.5, 0.6) is 0 Å². The Hall–Kier alpha value is -1.72. The lowest BCUT2D eigenvalue weighted by Gasteiger charge is -2.43. The van der Waals surface area contributed by atoms with Crippen LogP contribution in [0.25, 0.3) is 0 Å². The van der Waals surface area contributed by atoms with E-state index in [9.17, 15) is 18.0 Å². The summed E-state index contributed by atoms with van der Waals surface area (Å²) in [6.45, 7) is 0. The molecule has 0 unspecified atom stereocenters. The summed E-state index contributed by atoms with van der Waals surface area (Å²) >= 11 is 0. The molecule has 1 aliphatic heterocycles. The molecule has 1 fully saturated rings. The van der Waals surface area contributed by atoms with E-state index in [-0.39, 0.29) is 11.6 Å². The highest BCUT2D eigenvalue weighted by Gasteiger charge is 2.48. The number of nitrogens with zero attached hydrogens (tertiary/aromatic N) is 1. The minimum atomic E-state index is -4.40. The van der Waals surface area contributed by atoms with E-state index in [1.807, 2.05) is 4.90 Å². The molecule has 108 valence electrons. The molecule has 2 aliphatic rings. The molecule has 1 aromatic rings. The second kappa shape index (κ2) is 4.14. The molecule has 20 heavy (non-hydrogen) atoms. The molecule has 0 saturated heterocycles. The van der Waals surface area contributed by atoms with Crippen molar-refractivity contribution in [2.75, 3.05) is 17.3 Å². The number of carbonyl (C=O) groups excluding carboxylic acids is 1. The number of fused-ring (bicyclic) bond motifs is 1. The summed E-state index contributed by atoms with van der Waals surface area (Å²) in [4.78, 5) is 14.2. The molecule has 0 radical (unpaired) electrons. The van der Waals surface area contributed by atoms with Gasteiger partial charge in [-0.3, -0.25) is 4.79 Å². The third-order valence-electron chi connectivity index (χ3n) is 4.43. The van der Waals surface area contributed by atoms with Gasteiger partial charge in [0.05, 0.1) is 16.9 Å². The average molecular weight is 284 g/mol. The van der Waals surface area contributed by atoms with Crippen molar-refractivity contribution >= 4 is 17.3 Å². The summed E-state index contributed by atoms with van der Waals surface area (Å²) in [5.74, 6) is -0.190. The van der Waals surface area contributed by atoms with Gasteiger partial charge in [0.1, 0.15) is 5.54 Å². The first-order chi connectivity index (χ1) is 9.34. The van der Waals surface area contributed by atoms with Crippen molar-refractivity contribution in [2.45, 2.75) is 37.4 Å². The molecule has 1 saturated carbocycles. The molecule has 0 bridgehead atoms. The summed E-state index contributed by atoms with van der Waals surface area (Å²) in [6, 6.07) is 3.51. The highest BCUT2D eigenvalue weighted by atomic mass is 19.4. The molecule has 1 N–H and O–H groups in total. The fourth-order valence-electron chi connectivity index (χ4n) is 3.25. The normalized spacial score (nSPS) is 21.0. The molecular weight excluding hydrogens is 269 g/mol. The SMILES string of the molecule is CN1c2ccc(C(F)(F)F)cc2NC(=O)C12CCCC2. The minimum absolute atomic E-state index is 0.190. The van der Waals surface area contributed by atoms with Gasteiger partial charge in [0.15, 0.2) is 0 Å². The zero-order valence-electron chi connectivity index (χ0n) is 11.0. The largest absolute Gasteiger partial charge is 0.416 e. The number of hydrogen-bond donors (Lipinski definition) is 1. The average Bonchev–Trinajstić information content (AvgIpc) is 2.85. The molecule has 1 spiro atoms. The van der Waals surface area contributed by atoms with Crippen molar-refractivity contribution in [3.8, 4) is 0 Å². The maximum absolute atomic E-state index is 12.7. The van der Waals surface area contributed by atoms with Gasteiger partial charge in [-0.25, -0.2) is 0 Å². The fourth-order valence-corrected chi connectivity index (χ4v) is 3.25. The van der Waals surface area contributed by atoms with Gasteiger partial charge >= 0.3 is 6.18 Å². The third kappa shape index (κ3) is 1.77. The van der Waals surface area contributed by atoms with Crippen LogP contribution < -0.4 is 10.2 Å². The topological polar surface area (TPSA) is 32.3 Å². The first-order valence-corrected chi connectivity index (χ1v) is 6.61. The monoisotopic (exact) mass is 284 g/mol. The predicted molar refractivity (Wildman–Crippen MR) is 69.7 cm³/mol. The Kier molecular flexibility index (Phi) is 2.74. The number of alkyl halides is 3. The molecule has 3 rings (SSSR count). The number of nitrogens with one attached hydrogen (secondary N) is 1. The van der Waals surface area contributed by atoms with Gasteiger partial charge in [0.25, 0.3) is 0 Å². The number of anilines is 2. The van der Waals surface area contributed by atoms with Crippen LogP contribution >= 0.6 is 0 Å². The van der Waals surface area contributed by atoms with Crippen LogP contribution in [0.15, 0.2) is 18.2 Å². The smallest absolute Gasteiger partial charge is 0.359 e. The number of likely N-dealkylation sites (N-methyl/N-ethyl adjacent to an activating group) is 1. The molecule has 1 aromatic carbocycles. The van der Waals surface area contributed by atoms with E-state index in [0.29, 0.717) is 5.69 Å². The number of benzene rings is 1. The summed E-state index contributed by atoms with van der Waals surface area (Å²) in [5, 5.41) is 2.65. The number of hydrogen-bond acceptors (Lipinski definition) is 2. The van der Waals surface area contributed by atoms with Crippen molar-refractivity contribution in [2.24, 2.45) is 0 Å². The van der Waals surface area contributed by atoms with Crippen LogP contribution in [-0.2, 0) is 11.0 Å². The zero-order valence-corrected chi connectivity index (χ0v) is 11.0. The Morgan fingerprint density at radius 1 is 1.25 bits per heavy atom. The van der Waals surface area contributed by atoms with Gasteiger partial charge in [0, 0.05) is 7.05 Å². The van der Waals surface area contributed by atoms with Gasteiger partial charge in [-0.2, -0.15) is 13.2 Å². The lowest BCUT2D eigenvalue weighted by molar-refractivity contribution is -0.137. The van der Waals surface area contributed by atoms with Gasteiger partial charge in [-0.15, -0.1) is 0 Å². The van der Waals surface area contributed by atoms with Crippen LogP contribution in [0.1, 0.15) is 31.2 Å². The first-order valence-electron chi connectivity index (χ1n) is 6.61. The molecule has 6 heteroatoms. The highest BCUT2D eigenvalue weighted by Crippen LogP contribution is 2.45. The molecule has 1 amide bonds. The van der Waals surface area contributed by atoms with E-state index in [1.165, 1.54) is 6.07 Å². The zero-order chi connectivity index (χ0) is 14.5. The molecule has 1 aliphatic carbocycles. The van der Waals surface area contributed by atoms with Crippen molar-refractivity contribution in [3.05, 3.63) is 23.8 Å². The van der Waals surface area contributed by atoms with E-state index in [4.69, 9.17) is 0 Å². The molecular formula is C14H15F3N2O. The number of amides is 1. The van der Waals surface area contributed by atoms with Crippen molar-refractivity contribution in [1.82, 2.24) is 0 Å². The second-order valence-electron chi connectivity index (χ2n) is 5.48. The highest BCUT2D eigenvalue weighted by molar-refractivity contribution is 6.06. The maximum atomic E-state index is 12.7. The van der Waals surface area contributed by atoms with Crippen LogP contribution in [0, 0.1) is 0 Å². The Balaban J connectivity index is 2.05. The standard InChI is InChI=1S/C14H15F3N2O/c1-19-11-5-4-9(14(15,16)17)8-10(11)18-12(20)13(19)6-2-3-7-13/h4-5,8H,2-3,6-7H2,1H3,(H,18,20). The summed E-state index contributed by atoms with van der Waals surface area (Å²) in [7, 11) is 1.79. The van der Waals surface area contributed by atoms with E-state index in [0.717, 1.165) is 37.8 Å². The van der Waals surface area contributed by atoms with Crippen LogP contribution in [-0.4, -0.2) is 18.5 Å². The molecule has 0 aromatic heterocycles. The van der Waals surface area contributed by atoms with E-state index in [1.54, 1.807) is 7.05 Å².